The van der Waals surface area contributed by atoms with Crippen LogP contribution in [0.2, 0.25) is 5.02 Å². The maximum Gasteiger partial charge on any atom is 0.0994 e. The lowest BCUT2D eigenvalue weighted by Crippen LogP contribution is -2.18. The average molecular weight is 317 g/mol. The molecule has 0 aliphatic carbocycles. The first-order chi connectivity index (χ1) is 8.13. The van der Waals surface area contributed by atoms with E-state index in [1.54, 1.807) is 23.2 Å². The van der Waals surface area contributed by atoms with Gasteiger partial charge in [0.25, 0.3) is 0 Å². The number of nitrogens with zero attached hydrogens (tertiary/aromatic N) is 2. The molecule has 0 aliphatic heterocycles. The van der Waals surface area contributed by atoms with Gasteiger partial charge in [0.05, 0.1) is 35.9 Å². The Bertz CT molecular complexity index is 529. The summed E-state index contributed by atoms with van der Waals surface area (Å²) in [6.45, 7) is -0.129. The van der Waals surface area contributed by atoms with E-state index in [0.717, 1.165) is 15.9 Å². The van der Waals surface area contributed by atoms with Gasteiger partial charge in [-0.3, -0.25) is 0 Å². The van der Waals surface area contributed by atoms with Crippen LogP contribution < -0.4 is 5.73 Å². The van der Waals surface area contributed by atoms with Crippen molar-refractivity contribution in [3.63, 3.8) is 0 Å². The summed E-state index contributed by atoms with van der Waals surface area (Å²) in [6, 6.07) is 5.10. The molecule has 1 atom stereocenters. The Morgan fingerprint density at radius 3 is 2.94 bits per heavy atom. The third kappa shape index (κ3) is 2.52. The number of imidazole rings is 1. The van der Waals surface area contributed by atoms with Crippen molar-refractivity contribution in [3.05, 3.63) is 45.9 Å². The molecule has 3 N–H and O–H groups in total. The molecule has 17 heavy (non-hydrogen) atoms. The zero-order valence-electron chi connectivity index (χ0n) is 8.85. The monoisotopic (exact) mass is 315 g/mol. The molecule has 0 aliphatic rings. The van der Waals surface area contributed by atoms with E-state index < -0.39 is 6.04 Å². The highest BCUT2D eigenvalue weighted by atomic mass is 79.9. The summed E-state index contributed by atoms with van der Waals surface area (Å²) in [5.41, 5.74) is 7.39. The van der Waals surface area contributed by atoms with Gasteiger partial charge < -0.3 is 15.4 Å². The Hall–Kier alpha value is -0.880. The van der Waals surface area contributed by atoms with Crippen LogP contribution in [0.25, 0.3) is 5.69 Å². The van der Waals surface area contributed by atoms with Crippen LogP contribution in [-0.2, 0) is 0 Å². The maximum absolute atomic E-state index is 9.08. The predicted molar refractivity (Wildman–Crippen MR) is 70.3 cm³/mol. The second-order valence-electron chi connectivity index (χ2n) is 3.58. The molecular formula is C11H11BrClN3O. The fourth-order valence-corrected chi connectivity index (χ4v) is 1.95. The molecule has 0 saturated carbocycles. The van der Waals surface area contributed by atoms with Gasteiger partial charge in [0.1, 0.15) is 0 Å². The van der Waals surface area contributed by atoms with E-state index in [4.69, 9.17) is 22.4 Å². The summed E-state index contributed by atoms with van der Waals surface area (Å²) in [6.07, 6.45) is 3.28. The van der Waals surface area contributed by atoms with Crippen molar-refractivity contribution < 1.29 is 5.11 Å². The summed E-state index contributed by atoms with van der Waals surface area (Å²) in [7, 11) is 0. The second kappa shape index (κ2) is 5.18. The number of aromatic nitrogens is 2. The molecule has 1 unspecified atom stereocenters. The number of aliphatic hydroxyl groups excluding tert-OH is 1. The zero-order chi connectivity index (χ0) is 12.4. The van der Waals surface area contributed by atoms with E-state index in [1.165, 1.54) is 0 Å². The van der Waals surface area contributed by atoms with Crippen LogP contribution in [-0.4, -0.2) is 21.3 Å². The molecule has 0 amide bonds. The fraction of sp³-hybridized carbons (Fsp3) is 0.182. The van der Waals surface area contributed by atoms with E-state index in [2.05, 4.69) is 20.9 Å². The highest BCUT2D eigenvalue weighted by Gasteiger charge is 2.12. The highest BCUT2D eigenvalue weighted by molar-refractivity contribution is 9.10. The minimum atomic E-state index is -0.458. The van der Waals surface area contributed by atoms with Gasteiger partial charge in [-0.25, -0.2) is 4.98 Å². The van der Waals surface area contributed by atoms with Crippen molar-refractivity contribution in [2.75, 3.05) is 6.61 Å². The first-order valence-electron chi connectivity index (χ1n) is 4.97. The number of hydrogen-bond donors (Lipinski definition) is 2. The molecule has 4 nitrogen and oxygen atoms in total. The van der Waals surface area contributed by atoms with Crippen LogP contribution >= 0.6 is 27.5 Å². The SMILES string of the molecule is NC(CO)c1cncn1-c1ccc(Br)c(Cl)c1. The number of aliphatic hydroxyl groups is 1. The normalized spacial score (nSPS) is 12.7. The third-order valence-corrected chi connectivity index (χ3v) is 3.66. The first-order valence-corrected chi connectivity index (χ1v) is 6.14. The number of rotatable bonds is 3. The smallest absolute Gasteiger partial charge is 0.0994 e. The molecule has 0 saturated heterocycles. The van der Waals surface area contributed by atoms with Gasteiger partial charge in [-0.2, -0.15) is 0 Å². The van der Waals surface area contributed by atoms with Crippen molar-refractivity contribution in [1.29, 1.82) is 0 Å². The van der Waals surface area contributed by atoms with E-state index in [0.29, 0.717) is 5.02 Å². The van der Waals surface area contributed by atoms with Gasteiger partial charge in [0.15, 0.2) is 0 Å². The summed E-state index contributed by atoms with van der Waals surface area (Å²) >= 11 is 9.37. The van der Waals surface area contributed by atoms with Crippen LogP contribution in [0.15, 0.2) is 35.2 Å². The zero-order valence-corrected chi connectivity index (χ0v) is 11.2. The van der Waals surface area contributed by atoms with Crippen LogP contribution in [0.5, 0.6) is 0 Å². The number of halogens is 2. The molecule has 0 spiro atoms. The van der Waals surface area contributed by atoms with Gasteiger partial charge in [-0.05, 0) is 34.1 Å². The molecule has 2 rings (SSSR count). The van der Waals surface area contributed by atoms with Crippen LogP contribution in [0.3, 0.4) is 0 Å². The van der Waals surface area contributed by atoms with E-state index in [9.17, 15) is 0 Å². The van der Waals surface area contributed by atoms with E-state index in [-0.39, 0.29) is 6.61 Å². The average Bonchev–Trinajstić information content (AvgIpc) is 2.80. The van der Waals surface area contributed by atoms with Crippen molar-refractivity contribution in [1.82, 2.24) is 9.55 Å². The molecule has 6 heteroatoms. The first kappa shape index (κ1) is 12.6. The third-order valence-electron chi connectivity index (χ3n) is 2.43. The Labute approximate surface area is 112 Å². The van der Waals surface area contributed by atoms with E-state index >= 15 is 0 Å². The molecule has 0 fully saturated rings. The lowest BCUT2D eigenvalue weighted by Gasteiger charge is -2.12. The van der Waals surface area contributed by atoms with Crippen LogP contribution in [0, 0.1) is 0 Å². The van der Waals surface area contributed by atoms with Crippen molar-refractivity contribution >= 4 is 27.5 Å². The maximum atomic E-state index is 9.08. The lowest BCUT2D eigenvalue weighted by molar-refractivity contribution is 0.265. The summed E-state index contributed by atoms with van der Waals surface area (Å²) in [4.78, 5) is 4.04. The quantitative estimate of drug-likeness (QED) is 0.913. The lowest BCUT2D eigenvalue weighted by atomic mass is 10.2. The molecule has 1 heterocycles. The van der Waals surface area contributed by atoms with Gasteiger partial charge in [-0.15, -0.1) is 0 Å². The summed E-state index contributed by atoms with van der Waals surface area (Å²) in [5.74, 6) is 0. The van der Waals surface area contributed by atoms with Crippen molar-refractivity contribution in [2.45, 2.75) is 6.04 Å². The molecule has 1 aromatic heterocycles. The minimum Gasteiger partial charge on any atom is -0.394 e. The Morgan fingerprint density at radius 1 is 1.53 bits per heavy atom. The molecular weight excluding hydrogens is 305 g/mol. The predicted octanol–water partition coefficient (Wildman–Crippen LogP) is 2.28. The number of nitrogens with two attached hydrogens (primary N) is 1. The van der Waals surface area contributed by atoms with Gasteiger partial charge in [0, 0.05) is 10.2 Å². The Kier molecular flexibility index (Phi) is 3.83. The molecule has 0 bridgehead atoms. The second-order valence-corrected chi connectivity index (χ2v) is 4.84. The largest absolute Gasteiger partial charge is 0.394 e. The summed E-state index contributed by atoms with van der Waals surface area (Å²) in [5, 5.41) is 9.69. The van der Waals surface area contributed by atoms with Gasteiger partial charge >= 0.3 is 0 Å². The van der Waals surface area contributed by atoms with Gasteiger partial charge in [0.2, 0.25) is 0 Å². The molecule has 90 valence electrons. The molecule has 0 radical (unpaired) electrons. The van der Waals surface area contributed by atoms with Gasteiger partial charge in [-0.1, -0.05) is 11.6 Å². The van der Waals surface area contributed by atoms with E-state index in [1.807, 2.05) is 12.1 Å². The summed E-state index contributed by atoms with van der Waals surface area (Å²) < 4.78 is 2.63. The topological polar surface area (TPSA) is 64.1 Å². The molecule has 1 aromatic carbocycles. The Morgan fingerprint density at radius 2 is 2.29 bits per heavy atom. The highest BCUT2D eigenvalue weighted by Crippen LogP contribution is 2.26. The number of benzene rings is 1. The molecule has 2 aromatic rings. The van der Waals surface area contributed by atoms with Crippen LogP contribution in [0.1, 0.15) is 11.7 Å². The fourth-order valence-electron chi connectivity index (χ4n) is 1.52. The number of hydrogen-bond acceptors (Lipinski definition) is 3. The Balaban J connectivity index is 2.46. The van der Waals surface area contributed by atoms with Crippen LogP contribution in [0.4, 0.5) is 0 Å². The van der Waals surface area contributed by atoms with Crippen molar-refractivity contribution in [2.24, 2.45) is 5.73 Å². The van der Waals surface area contributed by atoms with Crippen molar-refractivity contribution in [3.8, 4) is 5.69 Å². The standard InChI is InChI=1S/C11H11BrClN3O/c12-8-2-1-7(3-9(8)13)16-6-15-4-11(16)10(14)5-17/h1-4,6,10,17H,5,14H2. The minimum absolute atomic E-state index is 0.129.